The monoisotopic (exact) mass is 656 g/mol. The molecule has 0 atom stereocenters. The highest BCUT2D eigenvalue weighted by Crippen LogP contribution is 2.25. The Bertz CT molecular complexity index is 2090. The summed E-state index contributed by atoms with van der Waals surface area (Å²) < 4.78 is 64.7. The molecule has 234 valence electrons. The molecule has 5 N–H and O–H groups in total. The number of carbonyl (C=O) groups is 3. The first-order valence-corrected chi connectivity index (χ1v) is 15.5. The lowest BCUT2D eigenvalue weighted by Crippen LogP contribution is -2.29. The molecule has 1 aromatic heterocycles. The van der Waals surface area contributed by atoms with Crippen LogP contribution < -0.4 is 21.2 Å². The number of benzene rings is 2. The average molecular weight is 657 g/mol. The highest BCUT2D eigenvalue weighted by molar-refractivity contribution is 7.86. The number of hydrazone groups is 1. The van der Waals surface area contributed by atoms with E-state index in [1.54, 1.807) is 0 Å². The zero-order valence-electron chi connectivity index (χ0n) is 23.3. The van der Waals surface area contributed by atoms with Crippen molar-refractivity contribution >= 4 is 61.4 Å². The number of amides is 3. The molecular weight excluding hydrogens is 632 g/mol. The number of amidine groups is 1. The molecule has 45 heavy (non-hydrogen) atoms. The van der Waals surface area contributed by atoms with Crippen molar-refractivity contribution in [2.75, 3.05) is 10.3 Å². The second kappa shape index (κ2) is 12.7. The first kappa shape index (κ1) is 32.5. The summed E-state index contributed by atoms with van der Waals surface area (Å²) in [5.41, 5.74) is -0.239. The Labute approximate surface area is 255 Å². The zero-order chi connectivity index (χ0) is 33.1. The van der Waals surface area contributed by atoms with Gasteiger partial charge in [0, 0.05) is 13.8 Å². The van der Waals surface area contributed by atoms with E-state index in [9.17, 15) is 45.1 Å². The Balaban J connectivity index is 1.61. The van der Waals surface area contributed by atoms with Crippen LogP contribution in [-0.2, 0) is 34.6 Å². The van der Waals surface area contributed by atoms with Gasteiger partial charge in [-0.3, -0.25) is 33.4 Å². The van der Waals surface area contributed by atoms with E-state index in [1.807, 2.05) is 0 Å². The Morgan fingerprint density at radius 2 is 1.33 bits per heavy atom. The predicted octanol–water partition coefficient (Wildman–Crippen LogP) is 1.61. The van der Waals surface area contributed by atoms with Gasteiger partial charge in [-0.2, -0.15) is 21.8 Å². The van der Waals surface area contributed by atoms with Crippen molar-refractivity contribution in [3.63, 3.8) is 0 Å². The van der Waals surface area contributed by atoms with Crippen molar-refractivity contribution in [1.29, 1.82) is 0 Å². The van der Waals surface area contributed by atoms with E-state index < -0.39 is 43.5 Å². The third-order valence-electron chi connectivity index (χ3n) is 5.92. The second-order valence-corrected chi connectivity index (χ2v) is 12.1. The molecule has 2 aromatic carbocycles. The third-order valence-corrected chi connectivity index (χ3v) is 7.66. The maximum atomic E-state index is 13.1. The predicted molar refractivity (Wildman–Crippen MR) is 162 cm³/mol. The van der Waals surface area contributed by atoms with E-state index in [1.165, 1.54) is 68.5 Å². The molecule has 0 unspecified atom stereocenters. The average Bonchev–Trinajstić information content (AvgIpc) is 3.42. The largest absolute Gasteiger partial charge is 0.311 e. The molecule has 2 heterocycles. The minimum atomic E-state index is -4.46. The van der Waals surface area contributed by atoms with E-state index in [-0.39, 0.29) is 44.0 Å². The number of hydrogen-bond acceptors (Lipinski definition) is 9. The summed E-state index contributed by atoms with van der Waals surface area (Å²) in [6, 6.07) is 9.40. The van der Waals surface area contributed by atoms with Crippen LogP contribution in [0.3, 0.4) is 0 Å². The number of aromatic nitrogens is 2. The number of aromatic amines is 1. The lowest BCUT2D eigenvalue weighted by Gasteiger charge is -2.11. The number of hydrogen-bond donors (Lipinski definition) is 5. The lowest BCUT2D eigenvalue weighted by molar-refractivity contribution is -0.117. The summed E-state index contributed by atoms with van der Waals surface area (Å²) in [6.45, 7) is 2.45. The number of nitrogens with one attached hydrogen (secondary N) is 3. The molecule has 1 aliphatic heterocycles. The number of carbonyl (C=O) groups excluding carboxylic acids is 3. The van der Waals surface area contributed by atoms with Gasteiger partial charge in [0.1, 0.15) is 5.82 Å². The summed E-state index contributed by atoms with van der Waals surface area (Å²) in [7, 11) is -8.91. The van der Waals surface area contributed by atoms with Crippen LogP contribution in [0.5, 0.6) is 0 Å². The Kier molecular flexibility index (Phi) is 9.14. The van der Waals surface area contributed by atoms with Crippen LogP contribution in [0.2, 0.25) is 0 Å². The molecule has 1 aliphatic rings. The fraction of sp³-hybridized carbons (Fsp3) is 0.0741. The molecule has 0 fully saturated rings. The highest BCUT2D eigenvalue weighted by Gasteiger charge is 2.31. The fourth-order valence-corrected chi connectivity index (χ4v) is 4.91. The van der Waals surface area contributed by atoms with Crippen molar-refractivity contribution in [2.24, 2.45) is 5.10 Å². The van der Waals surface area contributed by atoms with E-state index in [4.69, 9.17) is 0 Å². The molecule has 0 radical (unpaired) electrons. The summed E-state index contributed by atoms with van der Waals surface area (Å²) in [5.74, 6) is -1.70. The first-order chi connectivity index (χ1) is 21.1. The zero-order valence-corrected chi connectivity index (χ0v) is 25.0. The standard InChI is InChI=1S/C27H24N6O10S2/c1-16(34)28-24-22(26(36)32(30-24)18-8-12-20(13-9-18)44(38,39)40)6-4-3-5-7-23-25(29-17(2)35)31-33(27(23)37)19-10-14-21(15-11-19)45(41,42)43/h3-15,30H,1-2H3,(H,28,34)(H,29,31,35)(H,38,39,40)(H,41,42,43). The van der Waals surface area contributed by atoms with Crippen molar-refractivity contribution < 1.29 is 40.3 Å². The van der Waals surface area contributed by atoms with Gasteiger partial charge in [-0.1, -0.05) is 18.2 Å². The van der Waals surface area contributed by atoms with E-state index >= 15 is 0 Å². The first-order valence-electron chi connectivity index (χ1n) is 12.6. The topological polar surface area (TPSA) is 237 Å². The highest BCUT2D eigenvalue weighted by atomic mass is 32.2. The molecule has 0 aliphatic carbocycles. The van der Waals surface area contributed by atoms with Crippen LogP contribution in [0.25, 0.3) is 11.8 Å². The molecule has 0 saturated carbocycles. The molecule has 0 saturated heterocycles. The minimum Gasteiger partial charge on any atom is -0.311 e. The Hall–Kier alpha value is -5.43. The number of H-pyrrole nitrogens is 1. The van der Waals surface area contributed by atoms with Crippen LogP contribution in [0.1, 0.15) is 19.4 Å². The summed E-state index contributed by atoms with van der Waals surface area (Å²) in [5, 5.41) is 12.7. The molecule has 4 rings (SSSR count). The van der Waals surface area contributed by atoms with Gasteiger partial charge in [0.2, 0.25) is 11.8 Å². The van der Waals surface area contributed by atoms with Gasteiger partial charge < -0.3 is 10.6 Å². The Morgan fingerprint density at radius 3 is 1.84 bits per heavy atom. The number of allylic oxidation sites excluding steroid dienone is 4. The van der Waals surface area contributed by atoms with Gasteiger partial charge >= 0.3 is 0 Å². The van der Waals surface area contributed by atoms with Crippen LogP contribution >= 0.6 is 0 Å². The van der Waals surface area contributed by atoms with Crippen molar-refractivity contribution in [3.05, 3.63) is 94.3 Å². The van der Waals surface area contributed by atoms with Crippen molar-refractivity contribution in [2.45, 2.75) is 23.6 Å². The number of rotatable bonds is 8. The minimum absolute atomic E-state index is 0.0232. The molecule has 3 aromatic rings. The fourth-order valence-electron chi connectivity index (χ4n) is 3.95. The van der Waals surface area contributed by atoms with Crippen molar-refractivity contribution in [3.8, 4) is 5.69 Å². The third kappa shape index (κ3) is 7.57. The molecular formula is C27H24N6O10S2. The van der Waals surface area contributed by atoms with E-state index in [0.717, 1.165) is 34.0 Å². The summed E-state index contributed by atoms with van der Waals surface area (Å²) >= 11 is 0. The van der Waals surface area contributed by atoms with Gasteiger partial charge in [0.25, 0.3) is 31.7 Å². The van der Waals surface area contributed by atoms with Gasteiger partial charge in [-0.05, 0) is 60.7 Å². The number of nitrogens with zero attached hydrogens (tertiary/aromatic N) is 3. The van der Waals surface area contributed by atoms with Crippen LogP contribution in [0.4, 0.5) is 11.5 Å². The van der Waals surface area contributed by atoms with Crippen molar-refractivity contribution in [1.82, 2.24) is 15.1 Å². The molecule has 3 amide bonds. The number of anilines is 2. The molecule has 0 bridgehead atoms. The van der Waals surface area contributed by atoms with Gasteiger partial charge in [-0.25, -0.2) is 4.68 Å². The SMILES string of the molecule is CC(=O)NC1=NN(c2ccc(S(=O)(=O)O)cc2)C(=O)C1=CC=CC=Cc1c(NC(C)=O)[nH]n(-c2ccc(S(=O)(=O)O)cc2)c1=O. The maximum Gasteiger partial charge on any atom is 0.294 e. The normalized spacial score (nSPS) is 14.8. The van der Waals surface area contributed by atoms with E-state index in [2.05, 4.69) is 20.8 Å². The van der Waals surface area contributed by atoms with Gasteiger partial charge in [0.15, 0.2) is 5.84 Å². The molecule has 18 heteroatoms. The quantitative estimate of drug-likeness (QED) is 0.133. The molecule has 0 spiro atoms. The maximum absolute atomic E-state index is 13.1. The second-order valence-electron chi connectivity index (χ2n) is 9.23. The van der Waals surface area contributed by atoms with Crippen LogP contribution in [0, 0.1) is 0 Å². The van der Waals surface area contributed by atoms with Crippen LogP contribution in [-0.4, -0.2) is 59.3 Å². The molecule has 16 nitrogen and oxygen atoms in total. The summed E-state index contributed by atoms with van der Waals surface area (Å²) in [4.78, 5) is 48.9. The van der Waals surface area contributed by atoms with Gasteiger partial charge in [0.05, 0.1) is 32.3 Å². The van der Waals surface area contributed by atoms with Crippen LogP contribution in [0.15, 0.2) is 98.1 Å². The Morgan fingerprint density at radius 1 is 0.800 bits per heavy atom. The lowest BCUT2D eigenvalue weighted by atomic mass is 10.2. The summed E-state index contributed by atoms with van der Waals surface area (Å²) in [6.07, 6.45) is 7.01. The smallest absolute Gasteiger partial charge is 0.294 e. The van der Waals surface area contributed by atoms with Gasteiger partial charge in [-0.15, -0.1) is 5.10 Å². The van der Waals surface area contributed by atoms with E-state index in [0.29, 0.717) is 0 Å².